The van der Waals surface area contributed by atoms with Crippen LogP contribution in [0.25, 0.3) is 0 Å². The topological polar surface area (TPSA) is 73.6 Å². The Labute approximate surface area is 120 Å². The number of amides is 1. The third-order valence-electron chi connectivity index (χ3n) is 4.16. The smallest absolute Gasteiger partial charge is 0.410 e. The molecule has 2 bridgehead atoms. The molecule has 5 nitrogen and oxygen atoms in total. The minimum atomic E-state index is -0.792. The van der Waals surface area contributed by atoms with Crippen LogP contribution in [0.4, 0.5) is 4.79 Å². The Bertz CT molecular complexity index is 408. The van der Waals surface area contributed by atoms with E-state index in [-0.39, 0.29) is 18.2 Å². The molecule has 1 N–H and O–H groups in total. The van der Waals surface area contributed by atoms with Crippen LogP contribution in [0.5, 0.6) is 0 Å². The molecule has 20 heavy (non-hydrogen) atoms. The Kier molecular flexibility index (Phi) is 3.97. The number of hydrogen-bond acceptors (Lipinski definition) is 4. The molecule has 0 aromatic heterocycles. The van der Waals surface area contributed by atoms with Crippen molar-refractivity contribution in [2.45, 2.75) is 82.6 Å². The fourth-order valence-electron chi connectivity index (χ4n) is 3.43. The van der Waals surface area contributed by atoms with Crippen LogP contribution in [-0.4, -0.2) is 39.4 Å². The number of carbonyl (C=O) groups excluding carboxylic acids is 1. The first-order chi connectivity index (χ1) is 9.24. The number of fused-ring (bicyclic) bond motifs is 2. The van der Waals surface area contributed by atoms with Crippen molar-refractivity contribution in [2.24, 2.45) is 0 Å². The molecule has 2 heterocycles. The van der Waals surface area contributed by atoms with Crippen molar-refractivity contribution < 1.29 is 14.6 Å². The summed E-state index contributed by atoms with van der Waals surface area (Å²) in [4.78, 5) is 14.1. The molecule has 0 aromatic carbocycles. The minimum Gasteiger partial charge on any atom is -0.444 e. The minimum absolute atomic E-state index is 0.0484. The molecule has 2 saturated heterocycles. The van der Waals surface area contributed by atoms with Gasteiger partial charge in [0.05, 0.1) is 11.7 Å². The first-order valence-corrected chi connectivity index (χ1v) is 7.35. The SMILES string of the molecule is CC(C)(C)OC(=O)N1C2CCC1CC(O)(CCC#N)C2. The lowest BCUT2D eigenvalue weighted by Gasteiger charge is -2.43. The highest BCUT2D eigenvalue weighted by Gasteiger charge is 2.50. The van der Waals surface area contributed by atoms with E-state index in [9.17, 15) is 9.90 Å². The van der Waals surface area contributed by atoms with E-state index < -0.39 is 11.2 Å². The zero-order valence-electron chi connectivity index (χ0n) is 12.6. The lowest BCUT2D eigenvalue weighted by atomic mass is 9.83. The summed E-state index contributed by atoms with van der Waals surface area (Å²) in [6, 6.07) is 2.19. The molecule has 2 aliphatic rings. The second kappa shape index (κ2) is 5.25. The monoisotopic (exact) mass is 280 g/mol. The largest absolute Gasteiger partial charge is 0.444 e. The van der Waals surface area contributed by atoms with Crippen LogP contribution < -0.4 is 0 Å². The Morgan fingerprint density at radius 1 is 1.40 bits per heavy atom. The fraction of sp³-hybridized carbons (Fsp3) is 0.867. The number of nitriles is 1. The van der Waals surface area contributed by atoms with E-state index in [2.05, 4.69) is 6.07 Å². The molecular weight excluding hydrogens is 256 g/mol. The van der Waals surface area contributed by atoms with Gasteiger partial charge in [-0.25, -0.2) is 4.79 Å². The van der Waals surface area contributed by atoms with Crippen LogP contribution in [-0.2, 0) is 4.74 Å². The number of carbonyl (C=O) groups is 1. The van der Waals surface area contributed by atoms with Gasteiger partial charge >= 0.3 is 6.09 Å². The standard InChI is InChI=1S/C15H24N2O3/c1-14(2,3)20-13(18)17-11-5-6-12(17)10-15(19,9-11)7-4-8-16/h11-12,19H,4-7,9-10H2,1-3H3. The molecular formula is C15H24N2O3. The maximum absolute atomic E-state index is 12.3. The van der Waals surface area contributed by atoms with Gasteiger partial charge in [0.2, 0.25) is 0 Å². The normalized spacial score (nSPS) is 32.9. The van der Waals surface area contributed by atoms with Crippen molar-refractivity contribution in [1.29, 1.82) is 5.26 Å². The summed E-state index contributed by atoms with van der Waals surface area (Å²) in [5.41, 5.74) is -1.29. The van der Waals surface area contributed by atoms with Crippen LogP contribution in [0.1, 0.15) is 59.3 Å². The maximum atomic E-state index is 12.3. The van der Waals surface area contributed by atoms with Gasteiger partial charge in [-0.3, -0.25) is 0 Å². The van der Waals surface area contributed by atoms with Gasteiger partial charge in [-0.15, -0.1) is 0 Å². The van der Waals surface area contributed by atoms with Crippen molar-refractivity contribution in [3.05, 3.63) is 0 Å². The van der Waals surface area contributed by atoms with E-state index in [0.717, 1.165) is 12.8 Å². The molecule has 112 valence electrons. The number of rotatable bonds is 2. The van der Waals surface area contributed by atoms with Crippen LogP contribution >= 0.6 is 0 Å². The third kappa shape index (κ3) is 3.24. The molecule has 0 radical (unpaired) electrons. The molecule has 5 heteroatoms. The van der Waals surface area contributed by atoms with Gasteiger partial charge in [0, 0.05) is 18.5 Å². The Balaban J connectivity index is 2.04. The van der Waals surface area contributed by atoms with Gasteiger partial charge < -0.3 is 14.7 Å². The zero-order chi connectivity index (χ0) is 15.0. The first-order valence-electron chi connectivity index (χ1n) is 7.35. The number of nitrogens with zero attached hydrogens (tertiary/aromatic N) is 2. The average Bonchev–Trinajstić information content (AvgIpc) is 2.58. The molecule has 2 rings (SSSR count). The zero-order valence-corrected chi connectivity index (χ0v) is 12.6. The van der Waals surface area contributed by atoms with E-state index >= 15 is 0 Å². The molecule has 0 saturated carbocycles. The van der Waals surface area contributed by atoms with Crippen LogP contribution in [0.3, 0.4) is 0 Å². The molecule has 2 fully saturated rings. The molecule has 0 aliphatic carbocycles. The highest BCUT2D eigenvalue weighted by atomic mass is 16.6. The Morgan fingerprint density at radius 3 is 2.40 bits per heavy atom. The number of piperidine rings is 1. The molecule has 1 amide bonds. The summed E-state index contributed by atoms with van der Waals surface area (Å²) >= 11 is 0. The van der Waals surface area contributed by atoms with Crippen molar-refractivity contribution in [3.8, 4) is 6.07 Å². The van der Waals surface area contributed by atoms with E-state index in [1.807, 2.05) is 25.7 Å². The molecule has 0 spiro atoms. The predicted octanol–water partition coefficient (Wildman–Crippen LogP) is 2.58. The van der Waals surface area contributed by atoms with Crippen LogP contribution in [0.2, 0.25) is 0 Å². The fourth-order valence-corrected chi connectivity index (χ4v) is 3.43. The number of ether oxygens (including phenoxy) is 1. The van der Waals surface area contributed by atoms with Crippen molar-refractivity contribution >= 4 is 6.09 Å². The predicted molar refractivity (Wildman–Crippen MR) is 73.9 cm³/mol. The Hall–Kier alpha value is -1.28. The Morgan fingerprint density at radius 2 is 1.95 bits per heavy atom. The summed E-state index contributed by atoms with van der Waals surface area (Å²) in [6.07, 6.45) is 3.54. The van der Waals surface area contributed by atoms with Crippen molar-refractivity contribution in [3.63, 3.8) is 0 Å². The van der Waals surface area contributed by atoms with Gasteiger partial charge in [-0.2, -0.15) is 5.26 Å². The first kappa shape index (κ1) is 15.1. The average molecular weight is 280 g/mol. The molecule has 2 unspecified atom stereocenters. The summed E-state index contributed by atoms with van der Waals surface area (Å²) < 4.78 is 5.46. The second-order valence-electron chi connectivity index (χ2n) is 7.06. The lowest BCUT2D eigenvalue weighted by Crippen LogP contribution is -2.54. The van der Waals surface area contributed by atoms with Gasteiger partial charge in [0.15, 0.2) is 0 Å². The van der Waals surface area contributed by atoms with E-state index in [0.29, 0.717) is 25.7 Å². The number of aliphatic hydroxyl groups is 1. The lowest BCUT2D eigenvalue weighted by molar-refractivity contribution is -0.0617. The van der Waals surface area contributed by atoms with E-state index in [1.165, 1.54) is 0 Å². The van der Waals surface area contributed by atoms with Gasteiger partial charge in [-0.05, 0) is 52.9 Å². The number of hydrogen-bond donors (Lipinski definition) is 1. The van der Waals surface area contributed by atoms with Crippen molar-refractivity contribution in [2.75, 3.05) is 0 Å². The van der Waals surface area contributed by atoms with Gasteiger partial charge in [0.25, 0.3) is 0 Å². The van der Waals surface area contributed by atoms with E-state index in [1.54, 1.807) is 0 Å². The summed E-state index contributed by atoms with van der Waals surface area (Å²) in [7, 11) is 0. The quantitative estimate of drug-likeness (QED) is 0.843. The van der Waals surface area contributed by atoms with Crippen LogP contribution in [0, 0.1) is 11.3 Å². The summed E-state index contributed by atoms with van der Waals surface area (Å²) in [5.74, 6) is 0. The van der Waals surface area contributed by atoms with E-state index in [4.69, 9.17) is 10.00 Å². The summed E-state index contributed by atoms with van der Waals surface area (Å²) in [6.45, 7) is 5.58. The van der Waals surface area contributed by atoms with Gasteiger partial charge in [-0.1, -0.05) is 0 Å². The highest BCUT2D eigenvalue weighted by Crippen LogP contribution is 2.43. The van der Waals surface area contributed by atoms with Gasteiger partial charge in [0.1, 0.15) is 5.60 Å². The van der Waals surface area contributed by atoms with Crippen LogP contribution in [0.15, 0.2) is 0 Å². The second-order valence-corrected chi connectivity index (χ2v) is 7.06. The molecule has 2 aliphatic heterocycles. The maximum Gasteiger partial charge on any atom is 0.410 e. The molecule has 0 aromatic rings. The third-order valence-corrected chi connectivity index (χ3v) is 4.16. The summed E-state index contributed by atoms with van der Waals surface area (Å²) in [5, 5.41) is 19.3. The molecule has 2 atom stereocenters. The highest BCUT2D eigenvalue weighted by molar-refractivity contribution is 5.69. The van der Waals surface area contributed by atoms with Crippen molar-refractivity contribution in [1.82, 2.24) is 4.90 Å².